The zero-order valence-corrected chi connectivity index (χ0v) is 16.0. The minimum Gasteiger partial charge on any atom is -0.251 e. The highest BCUT2D eigenvalue weighted by molar-refractivity contribution is 6.77. The maximum atomic E-state index is 5.99. The molecule has 0 saturated heterocycles. The third-order valence-electron chi connectivity index (χ3n) is 2.39. The molecule has 1 saturated carbocycles. The van der Waals surface area contributed by atoms with Crippen LogP contribution in [0.25, 0.3) is 0 Å². The molecule has 0 amide bonds. The zero-order chi connectivity index (χ0) is 14.8. The van der Waals surface area contributed by atoms with Gasteiger partial charge in [-0.2, -0.15) is 0 Å². The summed E-state index contributed by atoms with van der Waals surface area (Å²) in [5.41, 5.74) is 0. The van der Waals surface area contributed by atoms with Crippen LogP contribution in [0.3, 0.4) is 0 Å². The summed E-state index contributed by atoms with van der Waals surface area (Å²) in [5.74, 6) is 0. The standard InChI is InChI=1S/C6HCl11O/c7-1-2(8,9)4(11,12)6(15,16)5(13,14)3(1,10)18-17/h1H. The first kappa shape index (κ1) is 19.2. The lowest BCUT2D eigenvalue weighted by atomic mass is 9.92. The molecule has 1 fully saturated rings. The van der Waals surface area contributed by atoms with Crippen molar-refractivity contribution in [3.05, 3.63) is 0 Å². The van der Waals surface area contributed by atoms with Crippen LogP contribution in [0, 0.1) is 0 Å². The molecule has 12 heteroatoms. The molecule has 0 aromatic heterocycles. The van der Waals surface area contributed by atoms with Gasteiger partial charge >= 0.3 is 0 Å². The fourth-order valence-electron chi connectivity index (χ4n) is 1.26. The summed E-state index contributed by atoms with van der Waals surface area (Å²) >= 11 is 64.8. The van der Waals surface area contributed by atoms with E-state index in [2.05, 4.69) is 4.29 Å². The molecule has 0 bridgehead atoms. The molecule has 0 aromatic carbocycles. The maximum Gasteiger partial charge on any atom is 0.217 e. The molecule has 1 rings (SSSR count). The number of hydrogen-bond donors (Lipinski definition) is 0. The average molecular weight is 479 g/mol. The summed E-state index contributed by atoms with van der Waals surface area (Å²) in [4.78, 5) is 0. The Morgan fingerprint density at radius 3 is 1.39 bits per heavy atom. The normalized spacial score (nSPS) is 40.5. The lowest BCUT2D eigenvalue weighted by Crippen LogP contribution is -2.76. The van der Waals surface area contributed by atoms with Gasteiger partial charge < -0.3 is 0 Å². The number of hydrogen-bond acceptors (Lipinski definition) is 1. The van der Waals surface area contributed by atoms with E-state index in [0.717, 1.165) is 0 Å². The molecule has 2 atom stereocenters. The van der Waals surface area contributed by atoms with E-state index in [-0.39, 0.29) is 0 Å². The summed E-state index contributed by atoms with van der Waals surface area (Å²) in [6.07, 6.45) is 0. The fraction of sp³-hybridized carbons (Fsp3) is 1.00. The molecule has 0 heterocycles. The molecule has 1 aliphatic rings. The largest absolute Gasteiger partial charge is 0.251 e. The van der Waals surface area contributed by atoms with Crippen molar-refractivity contribution in [3.8, 4) is 0 Å². The summed E-state index contributed by atoms with van der Waals surface area (Å²) < 4.78 is -4.70. The summed E-state index contributed by atoms with van der Waals surface area (Å²) in [7, 11) is 0. The first-order chi connectivity index (χ1) is 7.72. The van der Waals surface area contributed by atoms with Gasteiger partial charge in [0, 0.05) is 0 Å². The number of alkyl halides is 10. The molecule has 0 aliphatic heterocycles. The van der Waals surface area contributed by atoms with Crippen molar-refractivity contribution in [3.63, 3.8) is 0 Å². The lowest BCUT2D eigenvalue weighted by molar-refractivity contribution is 0.105. The molecule has 18 heavy (non-hydrogen) atoms. The highest BCUT2D eigenvalue weighted by Crippen LogP contribution is 2.72. The minimum absolute atomic E-state index is 1.55. The van der Waals surface area contributed by atoms with Crippen molar-refractivity contribution in [1.82, 2.24) is 0 Å². The van der Waals surface area contributed by atoms with Crippen LogP contribution >= 0.6 is 128 Å². The van der Waals surface area contributed by atoms with Gasteiger partial charge in [0.25, 0.3) is 0 Å². The maximum absolute atomic E-state index is 5.99. The van der Waals surface area contributed by atoms with Gasteiger partial charge in [-0.25, -0.2) is 0 Å². The summed E-state index contributed by atoms with van der Waals surface area (Å²) in [6, 6.07) is 0. The van der Waals surface area contributed by atoms with E-state index in [4.69, 9.17) is 128 Å². The molecular formula is C6HCl11O. The van der Waals surface area contributed by atoms with Crippen molar-refractivity contribution in [1.29, 1.82) is 0 Å². The molecule has 108 valence electrons. The van der Waals surface area contributed by atoms with E-state index < -0.39 is 27.8 Å². The Balaban J connectivity index is 3.60. The predicted molar refractivity (Wildman–Crippen MR) is 82.9 cm³/mol. The average Bonchev–Trinajstić information content (AvgIpc) is 2.24. The smallest absolute Gasteiger partial charge is 0.217 e. The zero-order valence-electron chi connectivity index (χ0n) is 7.64. The molecule has 1 aliphatic carbocycles. The predicted octanol–water partition coefficient (Wildman–Crippen LogP) is 6.41. The van der Waals surface area contributed by atoms with Crippen molar-refractivity contribution < 1.29 is 4.29 Å². The van der Waals surface area contributed by atoms with Crippen LogP contribution in [0.5, 0.6) is 0 Å². The highest BCUT2D eigenvalue weighted by atomic mass is 35.6. The molecular weight excluding hydrogens is 478 g/mol. The second kappa shape index (κ2) is 5.35. The Morgan fingerprint density at radius 2 is 1.06 bits per heavy atom. The minimum atomic E-state index is -2.36. The first-order valence-electron chi connectivity index (χ1n) is 3.85. The van der Waals surface area contributed by atoms with Crippen LogP contribution in [-0.4, -0.2) is 27.8 Å². The van der Waals surface area contributed by atoms with Crippen LogP contribution < -0.4 is 0 Å². The topological polar surface area (TPSA) is 9.23 Å². The van der Waals surface area contributed by atoms with E-state index in [1.165, 1.54) is 0 Å². The Kier molecular flexibility index (Phi) is 5.71. The molecule has 0 radical (unpaired) electrons. The van der Waals surface area contributed by atoms with Crippen molar-refractivity contribution in [2.24, 2.45) is 0 Å². The van der Waals surface area contributed by atoms with Gasteiger partial charge in [0.1, 0.15) is 5.38 Å². The van der Waals surface area contributed by atoms with Crippen molar-refractivity contribution in [2.45, 2.75) is 27.8 Å². The summed E-state index contributed by atoms with van der Waals surface area (Å²) in [6.45, 7) is 0. The molecule has 2 unspecified atom stereocenters. The monoisotopic (exact) mass is 474 g/mol. The van der Waals surface area contributed by atoms with Gasteiger partial charge in [0.15, 0.2) is 17.3 Å². The first-order valence-corrected chi connectivity index (χ1v) is 8.00. The van der Waals surface area contributed by atoms with E-state index in [1.54, 1.807) is 0 Å². The van der Waals surface area contributed by atoms with Crippen molar-refractivity contribution in [2.75, 3.05) is 0 Å². The molecule has 1 nitrogen and oxygen atoms in total. The Bertz CT molecular complexity index is 336. The van der Waals surface area contributed by atoms with Gasteiger partial charge in [-0.15, -0.1) is 11.6 Å². The van der Waals surface area contributed by atoms with E-state index in [9.17, 15) is 0 Å². The van der Waals surface area contributed by atoms with Gasteiger partial charge in [0.2, 0.25) is 5.06 Å². The number of halogens is 11. The third kappa shape index (κ3) is 2.15. The van der Waals surface area contributed by atoms with Crippen LogP contribution in [-0.2, 0) is 4.29 Å². The Labute approximate surface area is 158 Å². The molecule has 0 aromatic rings. The second-order valence-electron chi connectivity index (χ2n) is 3.43. The van der Waals surface area contributed by atoms with Crippen LogP contribution in [0.1, 0.15) is 0 Å². The lowest BCUT2D eigenvalue weighted by Gasteiger charge is -2.58. The molecule has 0 N–H and O–H groups in total. The van der Waals surface area contributed by atoms with Gasteiger partial charge in [0.05, 0.1) is 11.9 Å². The Hall–Kier alpha value is 3.15. The fourth-order valence-corrected chi connectivity index (χ4v) is 5.34. The van der Waals surface area contributed by atoms with E-state index in [1.807, 2.05) is 0 Å². The quantitative estimate of drug-likeness (QED) is 0.396. The van der Waals surface area contributed by atoms with Crippen molar-refractivity contribution >= 4 is 128 Å². The molecule has 0 spiro atoms. The number of rotatable bonds is 1. The van der Waals surface area contributed by atoms with Gasteiger partial charge in [-0.1, -0.05) is 104 Å². The van der Waals surface area contributed by atoms with Crippen LogP contribution in [0.15, 0.2) is 0 Å². The third-order valence-corrected chi connectivity index (χ3v) is 10.0. The summed E-state index contributed by atoms with van der Waals surface area (Å²) in [5, 5.41) is -3.82. The SMILES string of the molecule is ClOC1(Cl)C(Cl)C(Cl)(Cl)C(Cl)(Cl)C(Cl)(Cl)C1(Cl)Cl. The second-order valence-corrected chi connectivity index (χ2v) is 9.95. The highest BCUT2D eigenvalue weighted by Gasteiger charge is 2.84. The van der Waals surface area contributed by atoms with E-state index in [0.29, 0.717) is 0 Å². The van der Waals surface area contributed by atoms with Gasteiger partial charge in [-0.05, 0) is 0 Å². The van der Waals surface area contributed by atoms with Crippen LogP contribution in [0.2, 0.25) is 0 Å². The van der Waals surface area contributed by atoms with E-state index >= 15 is 0 Å². The Morgan fingerprint density at radius 1 is 0.667 bits per heavy atom. The van der Waals surface area contributed by atoms with Gasteiger partial charge in [-0.3, -0.25) is 4.29 Å². The van der Waals surface area contributed by atoms with Crippen LogP contribution in [0.4, 0.5) is 0 Å².